The lowest BCUT2D eigenvalue weighted by atomic mass is 10.0. The van der Waals surface area contributed by atoms with Gasteiger partial charge in [0, 0.05) is 12.8 Å². The third-order valence-corrected chi connectivity index (χ3v) is 17.1. The quantitative estimate of drug-likeness (QED) is 0.0211. The zero-order chi connectivity index (χ0) is 71.1. The van der Waals surface area contributed by atoms with Crippen molar-refractivity contribution < 1.29 is 42.1 Å². The first kappa shape index (κ1) is 92.8. The first-order chi connectivity index (χ1) is 48.0. The lowest BCUT2D eigenvalue weighted by Crippen LogP contribution is -2.37. The molecule has 1 N–H and O–H groups in total. The van der Waals surface area contributed by atoms with Gasteiger partial charge in [0.05, 0.1) is 27.7 Å². The average molecular weight is 1380 g/mol. The Morgan fingerprint density at radius 3 is 0.816 bits per heavy atom. The van der Waals surface area contributed by atoms with Crippen molar-refractivity contribution in [2.75, 3.05) is 47.5 Å². The zero-order valence-electron chi connectivity index (χ0n) is 63.2. The number of ether oxygens (including phenoxy) is 2. The molecule has 0 aromatic heterocycles. The van der Waals surface area contributed by atoms with Crippen molar-refractivity contribution in [2.45, 2.75) is 302 Å². The summed E-state index contributed by atoms with van der Waals surface area (Å²) in [5, 5.41) is 0. The second-order valence-corrected chi connectivity index (χ2v) is 28.1. The van der Waals surface area contributed by atoms with Gasteiger partial charge in [-0.25, -0.2) is 4.57 Å². The molecule has 0 radical (unpaired) electrons. The first-order valence-electron chi connectivity index (χ1n) is 39.2. The number of hydrogen-bond acceptors (Lipinski definition) is 7. The van der Waals surface area contributed by atoms with Gasteiger partial charge in [-0.05, 0) is 141 Å². The van der Waals surface area contributed by atoms with Crippen LogP contribution in [0.4, 0.5) is 0 Å². The van der Waals surface area contributed by atoms with E-state index in [1.165, 1.54) is 109 Å². The molecule has 0 saturated carbocycles. The Hall–Kier alpha value is -5.15. The third kappa shape index (κ3) is 79.8. The maximum atomic E-state index is 12.9. The summed E-state index contributed by atoms with van der Waals surface area (Å²) in [7, 11) is 1.45. The highest BCUT2D eigenvalue weighted by molar-refractivity contribution is 7.47. The standard InChI is InChI=1S/C88H144NO8P/c1-6-8-10-12-14-16-18-20-22-24-26-28-30-32-34-36-38-40-42-43-44-45-47-49-51-53-55-57-59-61-63-65-67-69-71-73-75-77-79-81-88(91)97-86(85-96-98(92,93)95-83-82-89(3,4)5)84-94-87(90)80-78-76-74-72-70-68-66-64-62-60-58-56-54-52-50-48-46-41-39-37-35-33-31-29-27-25-23-21-19-17-15-13-11-9-7-2/h8-11,14-17,20-23,26-29,32-35,38,40,43-44,47,49,53,55,59,61,65,67,86H,6-7,12-13,18-19,24-25,30-31,36-37,39,41-42,45-46,48,50-52,54,56-58,60,62-64,66,68-85H2,1-5H3/p+1/b10-8-,11-9-,16-14-,17-15-,22-20-,23-21-,28-26-,29-27-,34-32-,35-33-,40-38-,44-43-,49-47-,55-53-,61-59-,67-65-. The van der Waals surface area contributed by atoms with E-state index in [1.54, 1.807) is 0 Å². The molecule has 0 rings (SSSR count). The zero-order valence-corrected chi connectivity index (χ0v) is 64.1. The fourth-order valence-corrected chi connectivity index (χ4v) is 11.0. The molecule has 2 unspecified atom stereocenters. The Bertz CT molecular complexity index is 2360. The molecule has 0 aliphatic heterocycles. The first-order valence-corrected chi connectivity index (χ1v) is 40.7. The lowest BCUT2D eigenvalue weighted by molar-refractivity contribution is -0.870. The van der Waals surface area contributed by atoms with Gasteiger partial charge in [0.15, 0.2) is 6.10 Å². The van der Waals surface area contributed by atoms with Crippen LogP contribution in [0.3, 0.4) is 0 Å². The summed E-state index contributed by atoms with van der Waals surface area (Å²) < 4.78 is 34.8. The summed E-state index contributed by atoms with van der Waals surface area (Å²) in [6.07, 6.45) is 118. The third-order valence-electron chi connectivity index (χ3n) is 16.1. The van der Waals surface area contributed by atoms with Crippen LogP contribution < -0.4 is 0 Å². The van der Waals surface area contributed by atoms with E-state index in [-0.39, 0.29) is 32.0 Å². The van der Waals surface area contributed by atoms with E-state index in [2.05, 4.69) is 208 Å². The van der Waals surface area contributed by atoms with Crippen molar-refractivity contribution in [1.82, 2.24) is 0 Å². The Labute approximate surface area is 603 Å². The van der Waals surface area contributed by atoms with E-state index in [0.717, 1.165) is 154 Å². The molecule has 0 aliphatic rings. The van der Waals surface area contributed by atoms with Crippen LogP contribution >= 0.6 is 7.82 Å². The molecule has 0 heterocycles. The number of carbonyl (C=O) groups excluding carboxylic acids is 2. The van der Waals surface area contributed by atoms with Crippen molar-refractivity contribution in [3.05, 3.63) is 194 Å². The van der Waals surface area contributed by atoms with Gasteiger partial charge in [0.2, 0.25) is 0 Å². The number of nitrogens with zero attached hydrogens (tertiary/aromatic N) is 1. The van der Waals surface area contributed by atoms with Gasteiger partial charge in [-0.3, -0.25) is 18.6 Å². The largest absolute Gasteiger partial charge is 0.472 e. The molecule has 98 heavy (non-hydrogen) atoms. The van der Waals surface area contributed by atoms with Gasteiger partial charge in [-0.2, -0.15) is 0 Å². The normalized spacial score (nSPS) is 14.1. The number of phosphoric acid groups is 1. The minimum Gasteiger partial charge on any atom is -0.462 e. The molecule has 10 heteroatoms. The molecule has 9 nitrogen and oxygen atoms in total. The predicted molar refractivity (Wildman–Crippen MR) is 426 cm³/mol. The van der Waals surface area contributed by atoms with Crippen LogP contribution in [0.2, 0.25) is 0 Å². The molecular formula is C88H145NO8P+. The van der Waals surface area contributed by atoms with Gasteiger partial charge in [0.1, 0.15) is 19.8 Å². The summed E-state index contributed by atoms with van der Waals surface area (Å²) in [4.78, 5) is 36.0. The van der Waals surface area contributed by atoms with Crippen LogP contribution in [0.5, 0.6) is 0 Å². The number of quaternary nitrogens is 1. The van der Waals surface area contributed by atoms with Crippen molar-refractivity contribution >= 4 is 19.8 Å². The molecule has 0 spiro atoms. The van der Waals surface area contributed by atoms with Crippen LogP contribution in [0.25, 0.3) is 0 Å². The van der Waals surface area contributed by atoms with E-state index >= 15 is 0 Å². The van der Waals surface area contributed by atoms with Crippen LogP contribution in [0, 0.1) is 0 Å². The summed E-state index contributed by atoms with van der Waals surface area (Å²) in [6, 6.07) is 0. The van der Waals surface area contributed by atoms with E-state index in [0.29, 0.717) is 17.4 Å². The average Bonchev–Trinajstić information content (AvgIpc) is 1.23. The Morgan fingerprint density at radius 2 is 0.551 bits per heavy atom. The van der Waals surface area contributed by atoms with Crippen molar-refractivity contribution in [2.24, 2.45) is 0 Å². The van der Waals surface area contributed by atoms with Crippen LogP contribution in [-0.2, 0) is 32.7 Å². The molecule has 0 bridgehead atoms. The molecule has 0 saturated heterocycles. The molecular weight excluding hydrogens is 1230 g/mol. The molecule has 0 aromatic carbocycles. The maximum Gasteiger partial charge on any atom is 0.472 e. The minimum absolute atomic E-state index is 0.0190. The minimum atomic E-state index is -4.41. The van der Waals surface area contributed by atoms with Gasteiger partial charge in [0.25, 0.3) is 0 Å². The number of unbranched alkanes of at least 4 members (excludes halogenated alkanes) is 24. The summed E-state index contributed by atoms with van der Waals surface area (Å²) in [6.45, 7) is 4.18. The van der Waals surface area contributed by atoms with Crippen LogP contribution in [0.1, 0.15) is 296 Å². The summed E-state index contributed by atoms with van der Waals surface area (Å²) >= 11 is 0. The van der Waals surface area contributed by atoms with Crippen molar-refractivity contribution in [3.8, 4) is 0 Å². The summed E-state index contributed by atoms with van der Waals surface area (Å²) in [5.74, 6) is -0.824. The number of esters is 2. The number of carbonyl (C=O) groups is 2. The maximum absolute atomic E-state index is 12.9. The Balaban J connectivity index is 4.10. The predicted octanol–water partition coefficient (Wildman–Crippen LogP) is 26.4. The second-order valence-electron chi connectivity index (χ2n) is 26.6. The SMILES string of the molecule is CC/C=C\C/C=C\C/C=C\C/C=C\C/C=C\C/C=C\C/C=C\C/C=C\C/C=C\C/C=C\C/C=C\CCCCCCCC(=O)OC(COC(=O)CCCCCCCCCCCCCCCCCCCCC/C=C\C/C=C\C/C=C\C/C=C\C/C=C\CC)COP(=O)(O)OCC[N+](C)(C)C. The van der Waals surface area contributed by atoms with Crippen molar-refractivity contribution in [3.63, 3.8) is 0 Å². The highest BCUT2D eigenvalue weighted by atomic mass is 31.2. The number of rotatable bonds is 70. The van der Waals surface area contributed by atoms with Crippen LogP contribution in [0.15, 0.2) is 194 Å². The van der Waals surface area contributed by atoms with E-state index in [4.69, 9.17) is 18.5 Å². The molecule has 0 aromatic rings. The smallest absolute Gasteiger partial charge is 0.462 e. The number of hydrogen-bond donors (Lipinski definition) is 1. The van der Waals surface area contributed by atoms with Gasteiger partial charge < -0.3 is 18.9 Å². The molecule has 0 amide bonds. The molecule has 2 atom stereocenters. The monoisotopic (exact) mass is 1380 g/mol. The Morgan fingerprint density at radius 1 is 0.316 bits per heavy atom. The van der Waals surface area contributed by atoms with E-state index in [1.807, 2.05) is 21.1 Å². The fourth-order valence-electron chi connectivity index (χ4n) is 10.2. The van der Waals surface area contributed by atoms with E-state index < -0.39 is 26.5 Å². The molecule has 0 fully saturated rings. The molecule has 554 valence electrons. The number of allylic oxidation sites excluding steroid dienone is 32. The summed E-state index contributed by atoms with van der Waals surface area (Å²) in [5.41, 5.74) is 0. The number of phosphoric ester groups is 1. The molecule has 0 aliphatic carbocycles. The van der Waals surface area contributed by atoms with Gasteiger partial charge >= 0.3 is 19.8 Å². The van der Waals surface area contributed by atoms with Gasteiger partial charge in [-0.1, -0.05) is 337 Å². The number of likely N-dealkylation sites (N-methyl/N-ethyl adjacent to an activating group) is 1. The Kier molecular flexibility index (Phi) is 72.0. The second kappa shape index (κ2) is 76.0. The highest BCUT2D eigenvalue weighted by Gasteiger charge is 2.27. The highest BCUT2D eigenvalue weighted by Crippen LogP contribution is 2.43. The lowest BCUT2D eigenvalue weighted by Gasteiger charge is -2.24. The van der Waals surface area contributed by atoms with E-state index in [9.17, 15) is 19.0 Å². The van der Waals surface area contributed by atoms with Gasteiger partial charge in [-0.15, -0.1) is 0 Å². The topological polar surface area (TPSA) is 108 Å². The van der Waals surface area contributed by atoms with Crippen molar-refractivity contribution in [1.29, 1.82) is 0 Å². The van der Waals surface area contributed by atoms with Crippen LogP contribution in [-0.4, -0.2) is 74.9 Å². The fraction of sp³-hybridized carbons (Fsp3) is 0.614.